The molecular weight excluding hydrogens is 386 g/mol. The molecule has 1 heterocycles. The maximum absolute atomic E-state index is 13.0. The lowest BCUT2D eigenvalue weighted by Crippen LogP contribution is -2.31. The lowest BCUT2D eigenvalue weighted by atomic mass is 10.1. The van der Waals surface area contributed by atoms with Gasteiger partial charge in [-0.3, -0.25) is 14.2 Å². The summed E-state index contributed by atoms with van der Waals surface area (Å²) in [6, 6.07) is 14.5. The summed E-state index contributed by atoms with van der Waals surface area (Å²) in [6.45, 7) is 6.37. The van der Waals surface area contributed by atoms with Crippen molar-refractivity contribution in [1.82, 2.24) is 9.55 Å². The van der Waals surface area contributed by atoms with Gasteiger partial charge in [0.05, 0.1) is 23.3 Å². The Kier molecular flexibility index (Phi) is 6.59. The number of anilines is 1. The molecule has 0 saturated heterocycles. The molecule has 7 heteroatoms. The van der Waals surface area contributed by atoms with E-state index >= 15 is 0 Å². The van der Waals surface area contributed by atoms with Crippen molar-refractivity contribution < 1.29 is 9.53 Å². The molecule has 0 bridgehead atoms. The highest BCUT2D eigenvalue weighted by Gasteiger charge is 2.26. The molecule has 152 valence electrons. The molecule has 1 N–H and O–H groups in total. The van der Waals surface area contributed by atoms with E-state index in [2.05, 4.69) is 10.3 Å². The molecule has 0 aliphatic heterocycles. The Balaban J connectivity index is 1.90. The molecule has 0 fully saturated rings. The van der Waals surface area contributed by atoms with Crippen LogP contribution in [0.2, 0.25) is 0 Å². The summed E-state index contributed by atoms with van der Waals surface area (Å²) in [6.07, 6.45) is 0. The highest BCUT2D eigenvalue weighted by atomic mass is 32.2. The summed E-state index contributed by atoms with van der Waals surface area (Å²) in [4.78, 5) is 30.5. The standard InChI is InChI=1S/C22H25N3O3S/c1-5-25-21(27)17-8-6-7-9-18(17)24-22(25)29-19(14(2)3)20(26)23-15-10-12-16(28-4)13-11-15/h6-14,19H,5H2,1-4H3,(H,23,26). The zero-order valence-electron chi connectivity index (χ0n) is 17.0. The fraction of sp³-hybridized carbons (Fsp3) is 0.318. The van der Waals surface area contributed by atoms with Crippen LogP contribution in [0, 0.1) is 5.92 Å². The third-order valence-corrected chi connectivity index (χ3v) is 6.13. The van der Waals surface area contributed by atoms with Crippen molar-refractivity contribution in [2.75, 3.05) is 12.4 Å². The van der Waals surface area contributed by atoms with E-state index in [4.69, 9.17) is 4.74 Å². The Labute approximate surface area is 174 Å². The summed E-state index contributed by atoms with van der Waals surface area (Å²) >= 11 is 1.33. The number of hydrogen-bond acceptors (Lipinski definition) is 5. The largest absolute Gasteiger partial charge is 0.497 e. The minimum atomic E-state index is -0.400. The Morgan fingerprint density at radius 3 is 2.48 bits per heavy atom. The normalized spacial score (nSPS) is 12.2. The van der Waals surface area contributed by atoms with E-state index in [1.807, 2.05) is 39.0 Å². The number of thioether (sulfide) groups is 1. The van der Waals surface area contributed by atoms with Gasteiger partial charge < -0.3 is 10.1 Å². The van der Waals surface area contributed by atoms with Gasteiger partial charge in [0, 0.05) is 12.2 Å². The smallest absolute Gasteiger partial charge is 0.262 e. The van der Waals surface area contributed by atoms with Gasteiger partial charge in [-0.2, -0.15) is 0 Å². The summed E-state index contributed by atoms with van der Waals surface area (Å²) in [5.41, 5.74) is 1.25. The predicted molar refractivity (Wildman–Crippen MR) is 118 cm³/mol. The predicted octanol–water partition coefficient (Wildman–Crippen LogP) is 4.18. The average molecular weight is 412 g/mol. The van der Waals surface area contributed by atoms with Gasteiger partial charge in [0.25, 0.3) is 5.56 Å². The maximum Gasteiger partial charge on any atom is 0.262 e. The number of rotatable bonds is 7. The number of amides is 1. The van der Waals surface area contributed by atoms with Crippen molar-refractivity contribution in [2.45, 2.75) is 37.7 Å². The van der Waals surface area contributed by atoms with Gasteiger partial charge in [0.15, 0.2) is 5.16 Å². The van der Waals surface area contributed by atoms with Crippen molar-refractivity contribution in [3.05, 3.63) is 58.9 Å². The van der Waals surface area contributed by atoms with E-state index in [0.717, 1.165) is 5.75 Å². The molecular formula is C22H25N3O3S. The number of nitrogens with zero attached hydrogens (tertiary/aromatic N) is 2. The minimum absolute atomic E-state index is 0.0481. The first kappa shape index (κ1) is 20.9. The first-order valence-electron chi connectivity index (χ1n) is 9.55. The van der Waals surface area contributed by atoms with Crippen LogP contribution in [0.1, 0.15) is 20.8 Å². The molecule has 0 aliphatic carbocycles. The number of ether oxygens (including phenoxy) is 1. The van der Waals surface area contributed by atoms with Crippen LogP contribution in [-0.2, 0) is 11.3 Å². The molecule has 0 radical (unpaired) electrons. The fourth-order valence-electron chi connectivity index (χ4n) is 3.01. The van der Waals surface area contributed by atoms with Crippen LogP contribution in [0.15, 0.2) is 58.5 Å². The molecule has 3 rings (SSSR count). The third kappa shape index (κ3) is 4.62. The van der Waals surface area contributed by atoms with Crippen LogP contribution in [0.3, 0.4) is 0 Å². The van der Waals surface area contributed by atoms with Gasteiger partial charge >= 0.3 is 0 Å². The summed E-state index contributed by atoms with van der Waals surface area (Å²) in [5.74, 6) is 0.650. The lowest BCUT2D eigenvalue weighted by Gasteiger charge is -2.21. The van der Waals surface area contributed by atoms with E-state index in [1.54, 1.807) is 42.0 Å². The molecule has 1 amide bonds. The molecule has 1 atom stereocenters. The number of methoxy groups -OCH3 is 1. The van der Waals surface area contributed by atoms with Gasteiger partial charge in [-0.1, -0.05) is 37.7 Å². The molecule has 29 heavy (non-hydrogen) atoms. The van der Waals surface area contributed by atoms with E-state index in [-0.39, 0.29) is 17.4 Å². The second kappa shape index (κ2) is 9.13. The van der Waals surface area contributed by atoms with Crippen molar-refractivity contribution in [1.29, 1.82) is 0 Å². The Morgan fingerprint density at radius 1 is 1.17 bits per heavy atom. The fourth-order valence-corrected chi connectivity index (χ4v) is 4.17. The van der Waals surface area contributed by atoms with Gasteiger partial charge in [-0.25, -0.2) is 4.98 Å². The monoisotopic (exact) mass is 411 g/mol. The van der Waals surface area contributed by atoms with Crippen LogP contribution in [0.4, 0.5) is 5.69 Å². The van der Waals surface area contributed by atoms with Crippen LogP contribution in [0.25, 0.3) is 10.9 Å². The Bertz CT molecular complexity index is 1060. The van der Waals surface area contributed by atoms with E-state index in [9.17, 15) is 9.59 Å². The Hall–Kier alpha value is -2.80. The first-order valence-corrected chi connectivity index (χ1v) is 10.4. The quantitative estimate of drug-likeness (QED) is 0.466. The van der Waals surface area contributed by atoms with Crippen molar-refractivity contribution >= 4 is 34.3 Å². The first-order chi connectivity index (χ1) is 13.9. The minimum Gasteiger partial charge on any atom is -0.497 e. The van der Waals surface area contributed by atoms with Crippen molar-refractivity contribution in [3.63, 3.8) is 0 Å². The number of para-hydroxylation sites is 1. The molecule has 6 nitrogen and oxygen atoms in total. The van der Waals surface area contributed by atoms with E-state index in [0.29, 0.717) is 28.3 Å². The molecule has 1 aromatic heterocycles. The summed E-state index contributed by atoms with van der Waals surface area (Å²) in [7, 11) is 1.60. The second-order valence-electron chi connectivity index (χ2n) is 6.96. The van der Waals surface area contributed by atoms with Gasteiger partial charge in [-0.05, 0) is 49.2 Å². The number of benzene rings is 2. The Morgan fingerprint density at radius 2 is 1.86 bits per heavy atom. The maximum atomic E-state index is 13.0. The second-order valence-corrected chi connectivity index (χ2v) is 8.07. The number of nitrogens with one attached hydrogen (secondary N) is 1. The van der Waals surface area contributed by atoms with Gasteiger partial charge in [0.1, 0.15) is 5.75 Å². The number of carbonyl (C=O) groups excluding carboxylic acids is 1. The van der Waals surface area contributed by atoms with Crippen LogP contribution >= 0.6 is 11.8 Å². The number of hydrogen-bond donors (Lipinski definition) is 1. The average Bonchev–Trinajstić information content (AvgIpc) is 2.72. The molecule has 3 aromatic rings. The highest BCUT2D eigenvalue weighted by Crippen LogP contribution is 2.29. The van der Waals surface area contributed by atoms with E-state index in [1.165, 1.54) is 11.8 Å². The van der Waals surface area contributed by atoms with Crippen molar-refractivity contribution in [3.8, 4) is 5.75 Å². The van der Waals surface area contributed by atoms with Crippen LogP contribution in [0.5, 0.6) is 5.75 Å². The number of fused-ring (bicyclic) bond motifs is 1. The SMILES string of the molecule is CCn1c(SC(C(=O)Nc2ccc(OC)cc2)C(C)C)nc2ccccc2c1=O. The van der Waals surface area contributed by atoms with Crippen LogP contribution < -0.4 is 15.6 Å². The summed E-state index contributed by atoms with van der Waals surface area (Å²) in [5, 5.41) is 3.69. The molecule has 0 aliphatic rings. The zero-order valence-corrected chi connectivity index (χ0v) is 17.8. The highest BCUT2D eigenvalue weighted by molar-refractivity contribution is 8.00. The number of aromatic nitrogens is 2. The topological polar surface area (TPSA) is 73.2 Å². The number of carbonyl (C=O) groups is 1. The van der Waals surface area contributed by atoms with Crippen LogP contribution in [-0.4, -0.2) is 27.8 Å². The van der Waals surface area contributed by atoms with Crippen molar-refractivity contribution in [2.24, 2.45) is 5.92 Å². The molecule has 1 unspecified atom stereocenters. The lowest BCUT2D eigenvalue weighted by molar-refractivity contribution is -0.116. The van der Waals surface area contributed by atoms with Gasteiger partial charge in [-0.15, -0.1) is 0 Å². The molecule has 0 saturated carbocycles. The molecule has 0 spiro atoms. The third-order valence-electron chi connectivity index (χ3n) is 4.60. The van der Waals surface area contributed by atoms with E-state index < -0.39 is 5.25 Å². The zero-order chi connectivity index (χ0) is 21.0. The summed E-state index contributed by atoms with van der Waals surface area (Å²) < 4.78 is 6.78. The van der Waals surface area contributed by atoms with Gasteiger partial charge in [0.2, 0.25) is 5.91 Å². The molecule has 2 aromatic carbocycles.